The van der Waals surface area contributed by atoms with Gasteiger partial charge >= 0.3 is 0 Å². The van der Waals surface area contributed by atoms with Crippen LogP contribution in [-0.4, -0.2) is 53.4 Å². The van der Waals surface area contributed by atoms with Crippen molar-refractivity contribution in [3.8, 4) is 22.6 Å². The lowest BCUT2D eigenvalue weighted by atomic mass is 10.1. The average molecular weight is 474 g/mol. The number of nitrogens with one attached hydrogen (secondary N) is 1. The number of aromatic amines is 1. The van der Waals surface area contributed by atoms with E-state index in [1.165, 1.54) is 11.3 Å². The van der Waals surface area contributed by atoms with Gasteiger partial charge in [-0.25, -0.2) is 4.98 Å². The number of nitrogens with zero attached hydrogens (tertiary/aromatic N) is 2. The van der Waals surface area contributed by atoms with Crippen LogP contribution in [0, 0.1) is 5.92 Å². The van der Waals surface area contributed by atoms with E-state index in [-0.39, 0.29) is 11.7 Å². The number of aromatic nitrogens is 2. The van der Waals surface area contributed by atoms with Gasteiger partial charge in [-0.15, -0.1) is 11.3 Å². The van der Waals surface area contributed by atoms with E-state index >= 15 is 0 Å². The van der Waals surface area contributed by atoms with Crippen molar-refractivity contribution in [3.63, 3.8) is 0 Å². The molecule has 2 N–H and O–H groups in total. The maximum atomic E-state index is 13.1. The quantitative estimate of drug-likeness (QED) is 0.397. The molecule has 7 nitrogen and oxygen atoms in total. The molecule has 3 aromatic rings. The van der Waals surface area contributed by atoms with Crippen molar-refractivity contribution in [2.75, 3.05) is 27.3 Å². The lowest BCUT2D eigenvalue weighted by Gasteiger charge is -2.25. The van der Waals surface area contributed by atoms with Crippen LogP contribution in [0.4, 0.5) is 0 Å². The molecule has 0 amide bonds. The van der Waals surface area contributed by atoms with Crippen LogP contribution in [-0.2, 0) is 6.54 Å². The monoisotopic (exact) mass is 473 g/mol. The van der Waals surface area contributed by atoms with E-state index in [4.69, 9.17) is 14.5 Å². The molecule has 0 bridgehead atoms. The molecule has 0 aliphatic heterocycles. The second kappa shape index (κ2) is 11.6. The summed E-state index contributed by atoms with van der Waals surface area (Å²) in [5.74, 6) is 2.44. The molecule has 180 valence electrons. The Morgan fingerprint density at radius 3 is 2.61 bits per heavy atom. The second-order valence-corrected chi connectivity index (χ2v) is 9.63. The van der Waals surface area contributed by atoms with Crippen LogP contribution in [0.5, 0.6) is 11.5 Å². The third-order valence-corrected chi connectivity index (χ3v) is 6.55. The largest absolute Gasteiger partial charge is 0.493 e. The minimum absolute atomic E-state index is 0.154. The third-order valence-electron chi connectivity index (χ3n) is 5.67. The van der Waals surface area contributed by atoms with Gasteiger partial charge in [0.2, 0.25) is 0 Å². The molecule has 33 heavy (non-hydrogen) atoms. The van der Waals surface area contributed by atoms with Crippen molar-refractivity contribution >= 4 is 21.6 Å². The first kappa shape index (κ1) is 25.2. The number of aliphatic hydroxyl groups excluding tert-OH is 1. The Labute approximate surface area is 199 Å². The molecule has 8 heteroatoms. The Morgan fingerprint density at radius 2 is 1.94 bits per heavy atom. The summed E-state index contributed by atoms with van der Waals surface area (Å²) in [6, 6.07) is 5.62. The highest BCUT2D eigenvalue weighted by molar-refractivity contribution is 7.17. The molecule has 1 aromatic carbocycles. The number of benzene rings is 1. The van der Waals surface area contributed by atoms with Crippen LogP contribution in [0.15, 0.2) is 28.4 Å². The van der Waals surface area contributed by atoms with E-state index in [2.05, 4.69) is 30.7 Å². The Balaban J connectivity index is 1.90. The van der Waals surface area contributed by atoms with Crippen LogP contribution in [0.1, 0.15) is 45.9 Å². The van der Waals surface area contributed by atoms with Gasteiger partial charge in [0.05, 0.1) is 32.3 Å². The number of aliphatic hydroxyl groups is 1. The Morgan fingerprint density at radius 1 is 1.18 bits per heavy atom. The maximum Gasteiger partial charge on any atom is 0.260 e. The van der Waals surface area contributed by atoms with Gasteiger partial charge in [0.25, 0.3) is 5.56 Å². The van der Waals surface area contributed by atoms with E-state index in [0.717, 1.165) is 36.9 Å². The number of methoxy groups -OCH3 is 2. The Kier molecular flexibility index (Phi) is 8.88. The van der Waals surface area contributed by atoms with Gasteiger partial charge in [0.15, 0.2) is 11.5 Å². The summed E-state index contributed by atoms with van der Waals surface area (Å²) in [5, 5.41) is 12.9. The molecule has 2 aromatic heterocycles. The lowest BCUT2D eigenvalue weighted by molar-refractivity contribution is 0.0968. The summed E-state index contributed by atoms with van der Waals surface area (Å²) < 4.78 is 10.7. The fourth-order valence-electron chi connectivity index (χ4n) is 3.89. The first-order valence-corrected chi connectivity index (χ1v) is 12.4. The molecule has 0 saturated heterocycles. The van der Waals surface area contributed by atoms with Crippen LogP contribution < -0.4 is 15.0 Å². The van der Waals surface area contributed by atoms with Crippen molar-refractivity contribution < 1.29 is 14.6 Å². The van der Waals surface area contributed by atoms with Crippen LogP contribution in [0.25, 0.3) is 21.3 Å². The molecule has 3 rings (SSSR count). The molecule has 0 aliphatic rings. The predicted molar refractivity (Wildman–Crippen MR) is 134 cm³/mol. The minimum atomic E-state index is -0.379. The summed E-state index contributed by atoms with van der Waals surface area (Å²) in [4.78, 5) is 23.7. The van der Waals surface area contributed by atoms with Gasteiger partial charge < -0.3 is 19.6 Å². The third kappa shape index (κ3) is 6.34. The van der Waals surface area contributed by atoms with Gasteiger partial charge in [0.1, 0.15) is 10.7 Å². The van der Waals surface area contributed by atoms with E-state index in [9.17, 15) is 9.90 Å². The smallest absolute Gasteiger partial charge is 0.260 e. The molecule has 2 heterocycles. The molecule has 0 saturated carbocycles. The highest BCUT2D eigenvalue weighted by Gasteiger charge is 2.18. The fraction of sp³-hybridized carbons (Fsp3) is 0.520. The molecule has 0 unspecified atom stereocenters. The summed E-state index contributed by atoms with van der Waals surface area (Å²) in [6.45, 7) is 8.37. The number of ether oxygens (including phenoxy) is 2. The number of hydrogen-bond donors (Lipinski definition) is 2. The zero-order valence-corrected chi connectivity index (χ0v) is 21.0. The standard InChI is InChI=1S/C25H35N3O4S/c1-6-7-18(29)13-28(11-10-16(2)3)14-22-26-24(30)23-19(15-33-25(23)27-22)17-8-9-20(31-4)21(12-17)32-5/h8-9,12,15-16,18,29H,6-7,10-11,13-14H2,1-5H3,(H,26,27,30)/t18-/m0/s1. The van der Waals surface area contributed by atoms with Gasteiger partial charge in [-0.1, -0.05) is 33.3 Å². The van der Waals surface area contributed by atoms with E-state index in [1.54, 1.807) is 14.2 Å². The molecular formula is C25H35N3O4S. The normalized spacial score (nSPS) is 12.6. The first-order chi connectivity index (χ1) is 15.9. The summed E-state index contributed by atoms with van der Waals surface area (Å²) >= 11 is 1.46. The molecule has 0 spiro atoms. The number of H-pyrrole nitrogens is 1. The Bertz CT molecular complexity index is 1110. The van der Waals surface area contributed by atoms with Crippen molar-refractivity contribution in [3.05, 3.63) is 39.8 Å². The van der Waals surface area contributed by atoms with Gasteiger partial charge in [-0.2, -0.15) is 0 Å². The zero-order chi connectivity index (χ0) is 24.0. The van der Waals surface area contributed by atoms with Crippen LogP contribution in [0.2, 0.25) is 0 Å². The van der Waals surface area contributed by atoms with Crippen molar-refractivity contribution in [1.29, 1.82) is 0 Å². The van der Waals surface area contributed by atoms with Crippen molar-refractivity contribution in [2.45, 2.75) is 52.7 Å². The summed E-state index contributed by atoms with van der Waals surface area (Å²) in [6.07, 6.45) is 2.35. The van der Waals surface area contributed by atoms with E-state index in [0.29, 0.717) is 46.5 Å². The number of hydrogen-bond acceptors (Lipinski definition) is 7. The number of rotatable bonds is 12. The van der Waals surface area contributed by atoms with Gasteiger partial charge in [-0.05, 0) is 43.0 Å². The van der Waals surface area contributed by atoms with E-state index in [1.807, 2.05) is 23.6 Å². The second-order valence-electron chi connectivity index (χ2n) is 8.77. The predicted octanol–water partition coefficient (Wildman–Crippen LogP) is 4.68. The first-order valence-electron chi connectivity index (χ1n) is 11.5. The number of thiophene rings is 1. The molecular weight excluding hydrogens is 438 g/mol. The zero-order valence-electron chi connectivity index (χ0n) is 20.2. The Hall–Kier alpha value is -2.42. The summed E-state index contributed by atoms with van der Waals surface area (Å²) in [5.41, 5.74) is 1.55. The topological polar surface area (TPSA) is 87.7 Å². The SMILES string of the molecule is CCC[C@H](O)CN(CCC(C)C)Cc1nc2scc(-c3ccc(OC)c(OC)c3)c2c(=O)[nH]1. The van der Waals surface area contributed by atoms with Crippen LogP contribution >= 0.6 is 11.3 Å². The maximum absolute atomic E-state index is 13.1. The van der Waals surface area contributed by atoms with Gasteiger partial charge in [0, 0.05) is 17.5 Å². The summed E-state index contributed by atoms with van der Waals surface area (Å²) in [7, 11) is 3.19. The van der Waals surface area contributed by atoms with Crippen molar-refractivity contribution in [1.82, 2.24) is 14.9 Å². The number of fused-ring (bicyclic) bond motifs is 1. The lowest BCUT2D eigenvalue weighted by Crippen LogP contribution is -2.34. The molecule has 0 fully saturated rings. The highest BCUT2D eigenvalue weighted by atomic mass is 32.1. The van der Waals surface area contributed by atoms with E-state index < -0.39 is 0 Å². The fourth-order valence-corrected chi connectivity index (χ4v) is 4.86. The van der Waals surface area contributed by atoms with Crippen molar-refractivity contribution in [2.24, 2.45) is 5.92 Å². The molecule has 1 atom stereocenters. The minimum Gasteiger partial charge on any atom is -0.493 e. The molecule has 0 aliphatic carbocycles. The molecule has 0 radical (unpaired) electrons. The van der Waals surface area contributed by atoms with Crippen LogP contribution in [0.3, 0.4) is 0 Å². The van der Waals surface area contributed by atoms with Gasteiger partial charge in [-0.3, -0.25) is 9.69 Å². The average Bonchev–Trinajstić information content (AvgIpc) is 3.21. The highest BCUT2D eigenvalue weighted by Crippen LogP contribution is 2.36.